The van der Waals surface area contributed by atoms with Gasteiger partial charge in [0, 0.05) is 31.4 Å². The van der Waals surface area contributed by atoms with Crippen molar-refractivity contribution in [3.05, 3.63) is 17.7 Å². The second-order valence-electron chi connectivity index (χ2n) is 5.11. The summed E-state index contributed by atoms with van der Waals surface area (Å²) in [5, 5.41) is 0. The van der Waals surface area contributed by atoms with Crippen LogP contribution in [0.1, 0.15) is 12.5 Å². The Morgan fingerprint density at radius 2 is 1.95 bits per heavy atom. The Morgan fingerprint density at radius 3 is 2.68 bits per heavy atom. The van der Waals surface area contributed by atoms with Crippen LogP contribution in [0.5, 0.6) is 11.5 Å². The molecule has 5 heteroatoms. The van der Waals surface area contributed by atoms with Crippen LogP contribution in [0, 0.1) is 0 Å². The van der Waals surface area contributed by atoms with Crippen molar-refractivity contribution in [3.63, 3.8) is 0 Å². The lowest BCUT2D eigenvalue weighted by molar-refractivity contribution is -0.0211. The van der Waals surface area contributed by atoms with E-state index in [1.54, 1.807) is 0 Å². The van der Waals surface area contributed by atoms with E-state index in [-0.39, 0.29) is 6.10 Å². The van der Waals surface area contributed by atoms with Gasteiger partial charge < -0.3 is 19.9 Å². The van der Waals surface area contributed by atoms with Crippen molar-refractivity contribution in [2.45, 2.75) is 19.6 Å². The molecule has 5 nitrogen and oxygen atoms in total. The molecule has 2 aliphatic heterocycles. The second kappa shape index (κ2) is 5.27. The fraction of sp³-hybridized carbons (Fsp3) is 0.571. The van der Waals surface area contributed by atoms with Gasteiger partial charge in [-0.3, -0.25) is 4.90 Å². The zero-order valence-electron chi connectivity index (χ0n) is 11.2. The first-order valence-electron chi connectivity index (χ1n) is 6.74. The highest BCUT2D eigenvalue weighted by Gasteiger charge is 2.20. The predicted molar refractivity (Wildman–Crippen MR) is 72.5 cm³/mol. The van der Waals surface area contributed by atoms with Gasteiger partial charge in [0.15, 0.2) is 11.5 Å². The van der Waals surface area contributed by atoms with E-state index in [1.165, 1.54) is 0 Å². The third-order valence-electron chi connectivity index (χ3n) is 3.52. The Bertz CT molecular complexity index is 464. The van der Waals surface area contributed by atoms with Gasteiger partial charge in [0.25, 0.3) is 0 Å². The van der Waals surface area contributed by atoms with E-state index < -0.39 is 0 Å². The average molecular weight is 264 g/mol. The smallest absolute Gasteiger partial charge is 0.163 e. The number of anilines is 1. The standard InChI is InChI=1S/C14H20N2O3/c1-10-8-16(2-3-17-10)9-11-6-13-14(7-12(11)15)19-5-4-18-13/h6-7,10H,2-5,8-9,15H2,1H3. The van der Waals surface area contributed by atoms with E-state index in [1.807, 2.05) is 12.1 Å². The van der Waals surface area contributed by atoms with Crippen molar-refractivity contribution in [3.8, 4) is 11.5 Å². The van der Waals surface area contributed by atoms with Gasteiger partial charge in [0.05, 0.1) is 12.7 Å². The van der Waals surface area contributed by atoms with Crippen LogP contribution in [0.25, 0.3) is 0 Å². The minimum absolute atomic E-state index is 0.284. The van der Waals surface area contributed by atoms with Crippen molar-refractivity contribution in [1.82, 2.24) is 4.90 Å². The average Bonchev–Trinajstić information content (AvgIpc) is 2.40. The Labute approximate surface area is 113 Å². The van der Waals surface area contributed by atoms with Crippen LogP contribution in [0.15, 0.2) is 12.1 Å². The predicted octanol–water partition coefficient (Wildman–Crippen LogP) is 1.26. The minimum atomic E-state index is 0.284. The number of fused-ring (bicyclic) bond motifs is 1. The number of ether oxygens (including phenoxy) is 3. The van der Waals surface area contributed by atoms with E-state index in [4.69, 9.17) is 19.9 Å². The zero-order valence-corrected chi connectivity index (χ0v) is 11.2. The molecule has 2 aliphatic rings. The third kappa shape index (κ3) is 2.77. The van der Waals surface area contributed by atoms with Gasteiger partial charge in [-0.15, -0.1) is 0 Å². The van der Waals surface area contributed by atoms with Gasteiger partial charge in [0.2, 0.25) is 0 Å². The van der Waals surface area contributed by atoms with Crippen LogP contribution in [-0.2, 0) is 11.3 Å². The van der Waals surface area contributed by atoms with E-state index >= 15 is 0 Å². The summed E-state index contributed by atoms with van der Waals surface area (Å²) in [4.78, 5) is 2.36. The number of hydrogen-bond acceptors (Lipinski definition) is 5. The molecule has 0 saturated carbocycles. The highest BCUT2D eigenvalue weighted by Crippen LogP contribution is 2.35. The quantitative estimate of drug-likeness (QED) is 0.815. The topological polar surface area (TPSA) is 57.0 Å². The number of hydrogen-bond donors (Lipinski definition) is 1. The van der Waals surface area contributed by atoms with Crippen molar-refractivity contribution in [2.24, 2.45) is 0 Å². The third-order valence-corrected chi connectivity index (χ3v) is 3.52. The van der Waals surface area contributed by atoms with Crippen molar-refractivity contribution in [2.75, 3.05) is 38.6 Å². The first kappa shape index (κ1) is 12.6. The number of morpholine rings is 1. The summed E-state index contributed by atoms with van der Waals surface area (Å²) in [5.41, 5.74) is 7.97. The van der Waals surface area contributed by atoms with Gasteiger partial charge >= 0.3 is 0 Å². The normalized spacial score (nSPS) is 23.3. The van der Waals surface area contributed by atoms with Gasteiger partial charge in [-0.1, -0.05) is 0 Å². The number of rotatable bonds is 2. The molecular weight excluding hydrogens is 244 g/mol. The molecule has 1 saturated heterocycles. The molecule has 0 amide bonds. The largest absolute Gasteiger partial charge is 0.486 e. The maximum atomic E-state index is 6.10. The molecule has 0 spiro atoms. The molecule has 1 unspecified atom stereocenters. The van der Waals surface area contributed by atoms with Crippen LogP contribution in [-0.4, -0.2) is 43.9 Å². The monoisotopic (exact) mass is 264 g/mol. The number of nitrogen functional groups attached to an aromatic ring is 1. The fourth-order valence-electron chi connectivity index (χ4n) is 2.56. The molecule has 2 N–H and O–H groups in total. The Hall–Kier alpha value is -1.46. The van der Waals surface area contributed by atoms with Crippen LogP contribution < -0.4 is 15.2 Å². The first-order chi connectivity index (χ1) is 9.22. The molecule has 0 radical (unpaired) electrons. The van der Waals surface area contributed by atoms with Crippen LogP contribution in [0.3, 0.4) is 0 Å². The van der Waals surface area contributed by atoms with E-state index in [9.17, 15) is 0 Å². The molecule has 1 aromatic rings. The van der Waals surface area contributed by atoms with Crippen LogP contribution >= 0.6 is 0 Å². The molecule has 0 aliphatic carbocycles. The minimum Gasteiger partial charge on any atom is -0.486 e. The van der Waals surface area contributed by atoms with Crippen molar-refractivity contribution >= 4 is 5.69 Å². The SMILES string of the molecule is CC1CN(Cc2cc3c(cc2N)OCCO3)CCO1. The van der Waals surface area contributed by atoms with Gasteiger partial charge in [0.1, 0.15) is 13.2 Å². The lowest BCUT2D eigenvalue weighted by Crippen LogP contribution is -2.40. The van der Waals surface area contributed by atoms with E-state index in [2.05, 4.69) is 11.8 Å². The summed E-state index contributed by atoms with van der Waals surface area (Å²) in [6.45, 7) is 6.78. The number of benzene rings is 1. The molecule has 1 aromatic carbocycles. The van der Waals surface area contributed by atoms with Gasteiger partial charge in [-0.2, -0.15) is 0 Å². The summed E-state index contributed by atoms with van der Waals surface area (Å²) >= 11 is 0. The molecule has 104 valence electrons. The lowest BCUT2D eigenvalue weighted by atomic mass is 10.1. The van der Waals surface area contributed by atoms with Crippen LogP contribution in [0.2, 0.25) is 0 Å². The molecule has 19 heavy (non-hydrogen) atoms. The molecule has 2 heterocycles. The molecule has 1 fully saturated rings. The molecular formula is C14H20N2O3. The summed E-state index contributed by atoms with van der Waals surface area (Å²) in [6, 6.07) is 3.87. The van der Waals surface area contributed by atoms with Crippen molar-refractivity contribution < 1.29 is 14.2 Å². The molecule has 3 rings (SSSR count). The van der Waals surface area contributed by atoms with Gasteiger partial charge in [-0.25, -0.2) is 0 Å². The first-order valence-corrected chi connectivity index (χ1v) is 6.74. The molecule has 0 bridgehead atoms. The van der Waals surface area contributed by atoms with E-state index in [0.717, 1.165) is 49.0 Å². The van der Waals surface area contributed by atoms with E-state index in [0.29, 0.717) is 13.2 Å². The maximum Gasteiger partial charge on any atom is 0.163 e. The highest BCUT2D eigenvalue weighted by molar-refractivity contribution is 5.58. The van der Waals surface area contributed by atoms with Gasteiger partial charge in [-0.05, 0) is 18.6 Å². The summed E-state index contributed by atoms with van der Waals surface area (Å²) in [7, 11) is 0. The highest BCUT2D eigenvalue weighted by atomic mass is 16.6. The maximum absolute atomic E-state index is 6.10. The summed E-state index contributed by atoms with van der Waals surface area (Å²) in [6.07, 6.45) is 0.284. The molecule has 1 atom stereocenters. The van der Waals surface area contributed by atoms with Crippen LogP contribution in [0.4, 0.5) is 5.69 Å². The summed E-state index contributed by atoms with van der Waals surface area (Å²) < 4.78 is 16.7. The molecule has 0 aromatic heterocycles. The zero-order chi connectivity index (χ0) is 13.2. The Balaban J connectivity index is 1.76. The number of nitrogens with two attached hydrogens (primary N) is 1. The Morgan fingerprint density at radius 1 is 1.21 bits per heavy atom. The Kier molecular flexibility index (Phi) is 3.48. The second-order valence-corrected chi connectivity index (χ2v) is 5.11. The summed E-state index contributed by atoms with van der Waals surface area (Å²) in [5.74, 6) is 1.56. The number of nitrogens with zero attached hydrogens (tertiary/aromatic N) is 1. The fourth-order valence-corrected chi connectivity index (χ4v) is 2.56. The lowest BCUT2D eigenvalue weighted by Gasteiger charge is -2.31. The van der Waals surface area contributed by atoms with Crippen molar-refractivity contribution in [1.29, 1.82) is 0 Å².